The van der Waals surface area contributed by atoms with Gasteiger partial charge in [-0.15, -0.1) is 11.3 Å². The van der Waals surface area contributed by atoms with Gasteiger partial charge in [-0.2, -0.15) is 0 Å². The zero-order valence-electron chi connectivity index (χ0n) is 11.9. The van der Waals surface area contributed by atoms with Gasteiger partial charge in [-0.1, -0.05) is 23.7 Å². The Morgan fingerprint density at radius 1 is 1.36 bits per heavy atom. The zero-order chi connectivity index (χ0) is 16.3. The standard InChI is InChI=1S/C15H13ClN2O3S/c1-9-10(2)22-15(17-7-8-18(20)21)13(9)14(19)11-5-3-4-6-12(11)16/h3-8,17H,1-2H3/b8-7+. The molecule has 0 saturated carbocycles. The molecule has 0 amide bonds. The Kier molecular flexibility index (Phi) is 4.95. The van der Waals surface area contributed by atoms with Crippen LogP contribution in [0.2, 0.25) is 5.02 Å². The van der Waals surface area contributed by atoms with Gasteiger partial charge in [0.1, 0.15) is 5.00 Å². The summed E-state index contributed by atoms with van der Waals surface area (Å²) in [4.78, 5) is 23.5. The van der Waals surface area contributed by atoms with Crippen molar-refractivity contribution in [3.63, 3.8) is 0 Å². The summed E-state index contributed by atoms with van der Waals surface area (Å²) in [6, 6.07) is 6.81. The number of benzene rings is 1. The van der Waals surface area contributed by atoms with Crippen LogP contribution in [0.15, 0.2) is 36.7 Å². The molecule has 0 spiro atoms. The number of nitrogens with one attached hydrogen (secondary N) is 1. The number of thiophene rings is 1. The fraction of sp³-hybridized carbons (Fsp3) is 0.133. The minimum Gasteiger partial charge on any atom is -0.348 e. The van der Waals surface area contributed by atoms with Gasteiger partial charge in [0, 0.05) is 10.4 Å². The SMILES string of the molecule is Cc1sc(N/C=C/[N+](=O)[O-])c(C(=O)c2ccccc2Cl)c1C. The fourth-order valence-electron chi connectivity index (χ4n) is 1.96. The molecule has 0 atom stereocenters. The Hall–Kier alpha value is -2.18. The van der Waals surface area contributed by atoms with Crippen molar-refractivity contribution in [3.05, 3.63) is 73.4 Å². The van der Waals surface area contributed by atoms with Crippen molar-refractivity contribution in [3.8, 4) is 0 Å². The molecule has 0 aliphatic rings. The summed E-state index contributed by atoms with van der Waals surface area (Å²) in [6.45, 7) is 3.74. The first kappa shape index (κ1) is 16.2. The zero-order valence-corrected chi connectivity index (χ0v) is 13.5. The van der Waals surface area contributed by atoms with Gasteiger partial charge in [0.25, 0.3) is 0 Å². The highest BCUT2D eigenvalue weighted by Crippen LogP contribution is 2.35. The first-order chi connectivity index (χ1) is 10.4. The van der Waals surface area contributed by atoms with Crippen LogP contribution in [0.3, 0.4) is 0 Å². The lowest BCUT2D eigenvalue weighted by Crippen LogP contribution is -2.05. The maximum absolute atomic E-state index is 12.7. The maximum atomic E-state index is 12.7. The molecule has 114 valence electrons. The smallest absolute Gasteiger partial charge is 0.250 e. The van der Waals surface area contributed by atoms with E-state index in [0.29, 0.717) is 21.2 Å². The van der Waals surface area contributed by atoms with Crippen molar-refractivity contribution in [1.29, 1.82) is 0 Å². The van der Waals surface area contributed by atoms with Crippen molar-refractivity contribution in [2.45, 2.75) is 13.8 Å². The highest BCUT2D eigenvalue weighted by atomic mass is 35.5. The van der Waals surface area contributed by atoms with Crippen molar-refractivity contribution in [1.82, 2.24) is 0 Å². The molecule has 1 aromatic heterocycles. The van der Waals surface area contributed by atoms with E-state index in [2.05, 4.69) is 5.32 Å². The number of ketones is 1. The van der Waals surface area contributed by atoms with Crippen LogP contribution in [0.4, 0.5) is 5.00 Å². The lowest BCUT2D eigenvalue weighted by Gasteiger charge is -2.06. The van der Waals surface area contributed by atoms with E-state index in [-0.39, 0.29) is 5.78 Å². The molecule has 0 radical (unpaired) electrons. The predicted molar refractivity (Wildman–Crippen MR) is 88.4 cm³/mol. The van der Waals surface area contributed by atoms with Gasteiger partial charge in [-0.25, -0.2) is 0 Å². The van der Waals surface area contributed by atoms with Crippen molar-refractivity contribution in [2.75, 3.05) is 5.32 Å². The molecule has 2 aromatic rings. The molecular formula is C15H13ClN2O3S. The quantitative estimate of drug-likeness (QED) is 0.498. The highest BCUT2D eigenvalue weighted by Gasteiger charge is 2.22. The summed E-state index contributed by atoms with van der Waals surface area (Å²) in [5.74, 6) is -0.204. The Labute approximate surface area is 136 Å². The maximum Gasteiger partial charge on any atom is 0.250 e. The number of carbonyl (C=O) groups excluding carboxylic acids is 1. The number of anilines is 1. The van der Waals surface area contributed by atoms with Gasteiger partial charge in [-0.05, 0) is 31.5 Å². The van der Waals surface area contributed by atoms with E-state index in [0.717, 1.165) is 16.6 Å². The predicted octanol–water partition coefficient (Wildman–Crippen LogP) is 4.41. The molecule has 2 rings (SSSR count). The molecule has 1 N–H and O–H groups in total. The second-order valence-corrected chi connectivity index (χ2v) is 6.17. The fourth-order valence-corrected chi connectivity index (χ4v) is 3.21. The van der Waals surface area contributed by atoms with Gasteiger partial charge in [0.15, 0.2) is 5.78 Å². The van der Waals surface area contributed by atoms with Crippen LogP contribution in [0.5, 0.6) is 0 Å². The number of hydrogen-bond donors (Lipinski definition) is 1. The molecule has 0 bridgehead atoms. The molecule has 0 aliphatic carbocycles. The number of nitrogens with zero attached hydrogens (tertiary/aromatic N) is 1. The van der Waals surface area contributed by atoms with Crippen LogP contribution in [-0.4, -0.2) is 10.7 Å². The Morgan fingerprint density at radius 3 is 2.68 bits per heavy atom. The molecule has 7 heteroatoms. The molecule has 0 fully saturated rings. The van der Waals surface area contributed by atoms with E-state index in [1.807, 2.05) is 13.8 Å². The van der Waals surface area contributed by atoms with Crippen molar-refractivity contribution in [2.24, 2.45) is 0 Å². The lowest BCUT2D eigenvalue weighted by molar-refractivity contribution is -0.402. The van der Waals surface area contributed by atoms with Crippen LogP contribution in [0.25, 0.3) is 0 Å². The third-order valence-electron chi connectivity index (χ3n) is 3.14. The largest absolute Gasteiger partial charge is 0.348 e. The van der Waals surface area contributed by atoms with Crippen LogP contribution in [0.1, 0.15) is 26.4 Å². The Bertz CT molecular complexity index is 768. The van der Waals surface area contributed by atoms with Gasteiger partial charge >= 0.3 is 0 Å². The van der Waals surface area contributed by atoms with E-state index in [4.69, 9.17) is 11.6 Å². The summed E-state index contributed by atoms with van der Waals surface area (Å²) in [7, 11) is 0. The topological polar surface area (TPSA) is 72.2 Å². The second-order valence-electron chi connectivity index (χ2n) is 4.54. The Balaban J connectivity index is 2.44. The van der Waals surface area contributed by atoms with E-state index in [9.17, 15) is 14.9 Å². The summed E-state index contributed by atoms with van der Waals surface area (Å²) in [5, 5.41) is 14.1. The Morgan fingerprint density at radius 2 is 2.05 bits per heavy atom. The molecule has 0 aliphatic heterocycles. The second kappa shape index (κ2) is 6.72. The molecule has 0 unspecified atom stereocenters. The molecule has 1 heterocycles. The number of rotatable bonds is 5. The van der Waals surface area contributed by atoms with E-state index < -0.39 is 4.92 Å². The van der Waals surface area contributed by atoms with Crippen LogP contribution < -0.4 is 5.32 Å². The summed E-state index contributed by atoms with van der Waals surface area (Å²) >= 11 is 7.46. The number of carbonyl (C=O) groups is 1. The van der Waals surface area contributed by atoms with Crippen molar-refractivity contribution >= 4 is 33.7 Å². The van der Waals surface area contributed by atoms with Gasteiger partial charge in [0.05, 0.1) is 21.7 Å². The molecule has 22 heavy (non-hydrogen) atoms. The van der Waals surface area contributed by atoms with E-state index in [1.54, 1.807) is 24.3 Å². The average Bonchev–Trinajstić information content (AvgIpc) is 2.73. The number of aryl methyl sites for hydroxylation is 1. The van der Waals surface area contributed by atoms with Gasteiger partial charge in [0.2, 0.25) is 6.20 Å². The van der Waals surface area contributed by atoms with E-state index in [1.165, 1.54) is 17.5 Å². The summed E-state index contributed by atoms with van der Waals surface area (Å²) in [5.41, 5.74) is 1.74. The minimum atomic E-state index is -0.574. The van der Waals surface area contributed by atoms with Crippen LogP contribution in [0, 0.1) is 24.0 Å². The third kappa shape index (κ3) is 3.35. The van der Waals surface area contributed by atoms with E-state index >= 15 is 0 Å². The van der Waals surface area contributed by atoms with Crippen molar-refractivity contribution < 1.29 is 9.72 Å². The minimum absolute atomic E-state index is 0.204. The van der Waals surface area contributed by atoms with Crippen LogP contribution >= 0.6 is 22.9 Å². The monoisotopic (exact) mass is 336 g/mol. The molecule has 1 aromatic carbocycles. The molecule has 0 saturated heterocycles. The highest BCUT2D eigenvalue weighted by molar-refractivity contribution is 7.16. The summed E-state index contributed by atoms with van der Waals surface area (Å²) < 4.78 is 0. The van der Waals surface area contributed by atoms with Gasteiger partial charge in [-0.3, -0.25) is 14.9 Å². The van der Waals surface area contributed by atoms with Gasteiger partial charge < -0.3 is 5.32 Å². The number of hydrogen-bond acceptors (Lipinski definition) is 5. The summed E-state index contributed by atoms with van der Waals surface area (Å²) in [6.07, 6.45) is 1.99. The molecule has 5 nitrogen and oxygen atoms in total. The number of halogens is 1. The molecular weight excluding hydrogens is 324 g/mol. The number of nitro groups is 1. The third-order valence-corrected chi connectivity index (χ3v) is 4.61. The lowest BCUT2D eigenvalue weighted by atomic mass is 10.0. The normalized spacial score (nSPS) is 10.9. The van der Waals surface area contributed by atoms with Crippen LogP contribution in [-0.2, 0) is 0 Å². The first-order valence-corrected chi connectivity index (χ1v) is 7.57. The average molecular weight is 337 g/mol. The first-order valence-electron chi connectivity index (χ1n) is 6.37.